The number of ketones is 1. The van der Waals surface area contributed by atoms with Crippen LogP contribution >= 0.6 is 0 Å². The molecule has 90 valence electrons. The van der Waals surface area contributed by atoms with Crippen LogP contribution in [0.2, 0.25) is 0 Å². The van der Waals surface area contributed by atoms with Crippen LogP contribution in [0.15, 0.2) is 60.7 Å². The van der Waals surface area contributed by atoms with Gasteiger partial charge in [0.15, 0.2) is 5.78 Å². The van der Waals surface area contributed by atoms with Gasteiger partial charge in [-0.15, -0.1) is 0 Å². The Morgan fingerprint density at radius 1 is 1.00 bits per heavy atom. The van der Waals surface area contributed by atoms with Crippen LogP contribution in [0.25, 0.3) is 6.08 Å². The summed E-state index contributed by atoms with van der Waals surface area (Å²) in [6, 6.07) is 17.1. The maximum Gasteiger partial charge on any atom is 0.185 e. The fourth-order valence-electron chi connectivity index (χ4n) is 1.73. The summed E-state index contributed by atoms with van der Waals surface area (Å²) in [6.07, 6.45) is 3.44. The predicted octanol–water partition coefficient (Wildman–Crippen LogP) is 3.62. The van der Waals surface area contributed by atoms with E-state index in [0.29, 0.717) is 5.56 Å². The summed E-state index contributed by atoms with van der Waals surface area (Å²) in [4.78, 5) is 11.9. The van der Waals surface area contributed by atoms with Gasteiger partial charge in [-0.05, 0) is 23.8 Å². The average Bonchev–Trinajstić information content (AvgIpc) is 2.46. The number of nitrogens with one attached hydrogen (secondary N) is 1. The Labute approximate surface area is 107 Å². The summed E-state index contributed by atoms with van der Waals surface area (Å²) < 4.78 is 0. The van der Waals surface area contributed by atoms with E-state index in [1.54, 1.807) is 6.08 Å². The molecule has 0 aliphatic heterocycles. The summed E-state index contributed by atoms with van der Waals surface area (Å²) in [7, 11) is 1.87. The Morgan fingerprint density at radius 2 is 1.67 bits per heavy atom. The van der Waals surface area contributed by atoms with Crippen molar-refractivity contribution in [1.82, 2.24) is 0 Å². The van der Waals surface area contributed by atoms with Gasteiger partial charge in [0.05, 0.1) is 0 Å². The zero-order valence-electron chi connectivity index (χ0n) is 10.3. The van der Waals surface area contributed by atoms with Crippen LogP contribution in [-0.2, 0) is 0 Å². The van der Waals surface area contributed by atoms with Crippen LogP contribution in [0.3, 0.4) is 0 Å². The molecule has 0 amide bonds. The number of anilines is 1. The summed E-state index contributed by atoms with van der Waals surface area (Å²) in [5, 5.41) is 3.10. The lowest BCUT2D eigenvalue weighted by Crippen LogP contribution is -1.94. The first kappa shape index (κ1) is 12.1. The summed E-state index contributed by atoms with van der Waals surface area (Å²) in [5.74, 6) is 0.0153. The number of rotatable bonds is 4. The Balaban J connectivity index is 2.19. The zero-order chi connectivity index (χ0) is 12.8. The van der Waals surface area contributed by atoms with Crippen LogP contribution in [0.5, 0.6) is 0 Å². The van der Waals surface area contributed by atoms with Crippen molar-refractivity contribution in [3.8, 4) is 0 Å². The minimum Gasteiger partial charge on any atom is -0.388 e. The SMILES string of the molecule is CNc1ccccc1/C=C/C(=O)c1ccccc1. The lowest BCUT2D eigenvalue weighted by molar-refractivity contribution is 0.104. The molecule has 2 heteroatoms. The van der Waals surface area contributed by atoms with E-state index in [0.717, 1.165) is 11.3 Å². The van der Waals surface area contributed by atoms with Crippen molar-refractivity contribution in [3.05, 3.63) is 71.8 Å². The van der Waals surface area contributed by atoms with E-state index in [2.05, 4.69) is 5.32 Å². The largest absolute Gasteiger partial charge is 0.388 e. The fourth-order valence-corrected chi connectivity index (χ4v) is 1.73. The Kier molecular flexibility index (Phi) is 3.92. The number of carbonyl (C=O) groups is 1. The third-order valence-corrected chi connectivity index (χ3v) is 2.70. The average molecular weight is 237 g/mol. The molecule has 0 aliphatic carbocycles. The van der Waals surface area contributed by atoms with Crippen molar-refractivity contribution in [1.29, 1.82) is 0 Å². The molecule has 2 aromatic carbocycles. The Bertz CT molecular complexity index is 558. The normalized spacial score (nSPS) is 10.5. The van der Waals surface area contributed by atoms with E-state index in [1.165, 1.54) is 0 Å². The van der Waals surface area contributed by atoms with Crippen LogP contribution in [0.4, 0.5) is 5.69 Å². The molecule has 0 saturated carbocycles. The maximum atomic E-state index is 11.9. The predicted molar refractivity (Wildman–Crippen MR) is 75.8 cm³/mol. The molecule has 2 rings (SSSR count). The fraction of sp³-hybridized carbons (Fsp3) is 0.0625. The quantitative estimate of drug-likeness (QED) is 0.650. The van der Waals surface area contributed by atoms with Crippen molar-refractivity contribution in [2.24, 2.45) is 0 Å². The molecule has 0 spiro atoms. The first-order chi connectivity index (χ1) is 8.81. The van der Waals surface area contributed by atoms with Crippen LogP contribution < -0.4 is 5.32 Å². The highest BCUT2D eigenvalue weighted by Crippen LogP contribution is 2.16. The molecule has 0 atom stereocenters. The first-order valence-electron chi connectivity index (χ1n) is 5.85. The van der Waals surface area contributed by atoms with Crippen LogP contribution in [-0.4, -0.2) is 12.8 Å². The number of para-hydroxylation sites is 1. The van der Waals surface area contributed by atoms with Gasteiger partial charge >= 0.3 is 0 Å². The van der Waals surface area contributed by atoms with E-state index in [9.17, 15) is 4.79 Å². The maximum absolute atomic E-state index is 11.9. The van der Waals surface area contributed by atoms with Gasteiger partial charge in [-0.25, -0.2) is 0 Å². The number of carbonyl (C=O) groups excluding carboxylic acids is 1. The minimum absolute atomic E-state index is 0.0153. The van der Waals surface area contributed by atoms with Gasteiger partial charge in [-0.1, -0.05) is 48.5 Å². The van der Waals surface area contributed by atoms with Crippen LogP contribution in [0, 0.1) is 0 Å². The molecule has 0 heterocycles. The first-order valence-corrected chi connectivity index (χ1v) is 5.85. The molecule has 2 nitrogen and oxygen atoms in total. The molecule has 0 saturated heterocycles. The topological polar surface area (TPSA) is 29.1 Å². The number of allylic oxidation sites excluding steroid dienone is 1. The van der Waals surface area contributed by atoms with Gasteiger partial charge in [0, 0.05) is 18.3 Å². The Morgan fingerprint density at radius 3 is 2.39 bits per heavy atom. The Hall–Kier alpha value is -2.35. The third-order valence-electron chi connectivity index (χ3n) is 2.70. The molecule has 0 bridgehead atoms. The second kappa shape index (κ2) is 5.82. The molecule has 0 aromatic heterocycles. The molecule has 1 N–H and O–H groups in total. The van der Waals surface area contributed by atoms with Crippen molar-refractivity contribution >= 4 is 17.5 Å². The monoisotopic (exact) mass is 237 g/mol. The highest BCUT2D eigenvalue weighted by atomic mass is 16.1. The molecular weight excluding hydrogens is 222 g/mol. The number of benzene rings is 2. The van der Waals surface area contributed by atoms with Crippen molar-refractivity contribution in [3.63, 3.8) is 0 Å². The molecule has 0 fully saturated rings. The van der Waals surface area contributed by atoms with Gasteiger partial charge in [0.25, 0.3) is 0 Å². The molecule has 0 unspecified atom stereocenters. The van der Waals surface area contributed by atoms with E-state index in [1.807, 2.05) is 67.7 Å². The highest BCUT2D eigenvalue weighted by molar-refractivity contribution is 6.07. The third kappa shape index (κ3) is 2.86. The zero-order valence-corrected chi connectivity index (χ0v) is 10.3. The van der Waals surface area contributed by atoms with E-state index < -0.39 is 0 Å². The molecule has 2 aromatic rings. The smallest absolute Gasteiger partial charge is 0.185 e. The highest BCUT2D eigenvalue weighted by Gasteiger charge is 2.00. The van der Waals surface area contributed by atoms with Gasteiger partial charge in [-0.3, -0.25) is 4.79 Å². The molecular formula is C16H15NO. The van der Waals surface area contributed by atoms with Crippen molar-refractivity contribution in [2.75, 3.05) is 12.4 Å². The van der Waals surface area contributed by atoms with Gasteiger partial charge in [0.1, 0.15) is 0 Å². The standard InChI is InChI=1S/C16H15NO/c1-17-15-10-6-5-7-13(15)11-12-16(18)14-8-3-2-4-9-14/h2-12,17H,1H3/b12-11+. The lowest BCUT2D eigenvalue weighted by Gasteiger charge is -2.03. The van der Waals surface area contributed by atoms with Crippen LogP contribution in [0.1, 0.15) is 15.9 Å². The van der Waals surface area contributed by atoms with Crippen molar-refractivity contribution < 1.29 is 4.79 Å². The van der Waals surface area contributed by atoms with Gasteiger partial charge in [-0.2, -0.15) is 0 Å². The van der Waals surface area contributed by atoms with Gasteiger partial charge in [0.2, 0.25) is 0 Å². The second-order valence-corrected chi connectivity index (χ2v) is 3.90. The second-order valence-electron chi connectivity index (χ2n) is 3.90. The molecule has 18 heavy (non-hydrogen) atoms. The summed E-state index contributed by atoms with van der Waals surface area (Å²) >= 11 is 0. The minimum atomic E-state index is 0.0153. The number of hydrogen-bond acceptors (Lipinski definition) is 2. The lowest BCUT2D eigenvalue weighted by atomic mass is 10.1. The van der Waals surface area contributed by atoms with E-state index in [4.69, 9.17) is 0 Å². The van der Waals surface area contributed by atoms with Gasteiger partial charge < -0.3 is 5.32 Å². The van der Waals surface area contributed by atoms with E-state index in [-0.39, 0.29) is 5.78 Å². The van der Waals surface area contributed by atoms with E-state index >= 15 is 0 Å². The van der Waals surface area contributed by atoms with Crippen molar-refractivity contribution in [2.45, 2.75) is 0 Å². The summed E-state index contributed by atoms with van der Waals surface area (Å²) in [5.41, 5.74) is 2.72. The number of hydrogen-bond donors (Lipinski definition) is 1. The summed E-state index contributed by atoms with van der Waals surface area (Å²) in [6.45, 7) is 0. The molecule has 0 radical (unpaired) electrons. The molecule has 0 aliphatic rings.